The Morgan fingerprint density at radius 3 is 2.36 bits per heavy atom. The molecule has 0 bridgehead atoms. The van der Waals surface area contributed by atoms with Gasteiger partial charge in [0, 0.05) is 0 Å². The summed E-state index contributed by atoms with van der Waals surface area (Å²) >= 11 is 0. The Morgan fingerprint density at radius 1 is 1.45 bits per heavy atom. The third kappa shape index (κ3) is 2.47. The molecule has 0 aromatic heterocycles. The number of hydrogen-bond acceptors (Lipinski definition) is 3. The lowest BCUT2D eigenvalue weighted by molar-refractivity contribution is 0.215. The monoisotopic (exact) mass is 156 g/mol. The number of nitrogens with zero attached hydrogens (tertiary/aromatic N) is 1. The summed E-state index contributed by atoms with van der Waals surface area (Å²) in [6.07, 6.45) is 1.92. The number of aliphatic hydroxyl groups is 1. The van der Waals surface area contributed by atoms with Crippen molar-refractivity contribution in [2.24, 2.45) is 5.92 Å². The lowest BCUT2D eigenvalue weighted by Crippen LogP contribution is -2.42. The largest absolute Gasteiger partial charge is 0.437 e. The number of rotatable bonds is 2. The normalized spacial score (nSPS) is 22.1. The lowest BCUT2D eigenvalue weighted by Gasteiger charge is -2.31. The fourth-order valence-corrected chi connectivity index (χ4v) is 1.44. The van der Waals surface area contributed by atoms with Gasteiger partial charge in [-0.05, 0) is 38.7 Å². The Balaban J connectivity index is 2.24. The molecule has 0 aromatic rings. The van der Waals surface area contributed by atoms with Crippen LogP contribution in [0.25, 0.3) is 0 Å². The molecule has 0 saturated carbocycles. The van der Waals surface area contributed by atoms with E-state index in [0.29, 0.717) is 5.92 Å². The average molecular weight is 156 g/mol. The molecule has 1 aliphatic rings. The molecule has 0 unspecified atom stereocenters. The van der Waals surface area contributed by atoms with Gasteiger partial charge in [-0.25, -0.2) is 0 Å². The first-order valence-electron chi connectivity index (χ1n) is 4.13. The molecule has 1 radical (unpaired) electrons. The van der Waals surface area contributed by atoms with Crippen LogP contribution in [0.3, 0.4) is 0 Å². The minimum atomic E-state index is -0.338. The molecule has 3 nitrogen and oxygen atoms in total. The van der Waals surface area contributed by atoms with Crippen molar-refractivity contribution in [2.75, 3.05) is 13.1 Å². The number of aliphatic hydroxyl groups excluding tert-OH is 1. The molecule has 0 aromatic carbocycles. The summed E-state index contributed by atoms with van der Waals surface area (Å²) in [5.41, 5.74) is 0. The van der Waals surface area contributed by atoms with Crippen LogP contribution in [-0.4, -0.2) is 35.1 Å². The topological polar surface area (TPSA) is 43.7 Å². The van der Waals surface area contributed by atoms with Crippen LogP contribution in [0.2, 0.25) is 6.82 Å². The van der Waals surface area contributed by atoms with Crippen molar-refractivity contribution in [2.45, 2.75) is 19.7 Å². The number of piperidine rings is 1. The van der Waals surface area contributed by atoms with E-state index in [-0.39, 0.29) is 7.05 Å². The van der Waals surface area contributed by atoms with Gasteiger partial charge in [0.1, 0.15) is 0 Å². The van der Waals surface area contributed by atoms with Crippen molar-refractivity contribution in [1.29, 1.82) is 0 Å². The highest BCUT2D eigenvalue weighted by atomic mass is 16.3. The molecule has 1 saturated heterocycles. The molecule has 0 amide bonds. The van der Waals surface area contributed by atoms with Crippen LogP contribution in [0.5, 0.6) is 0 Å². The molecular formula is C7H15BNO2. The van der Waals surface area contributed by atoms with Gasteiger partial charge in [-0.15, -0.1) is 0 Å². The van der Waals surface area contributed by atoms with Crippen LogP contribution in [-0.2, 0) is 0 Å². The molecule has 63 valence electrons. The Bertz CT molecular complexity index is 113. The summed E-state index contributed by atoms with van der Waals surface area (Å²) in [6, 6.07) is 0. The molecular weight excluding hydrogens is 141 g/mol. The molecule has 1 fully saturated rings. The lowest BCUT2D eigenvalue weighted by atomic mass is 9.81. The maximum absolute atomic E-state index is 9.19. The first-order valence-corrected chi connectivity index (χ1v) is 4.13. The second-order valence-electron chi connectivity index (χ2n) is 3.15. The first kappa shape index (κ1) is 9.04. The minimum absolute atomic E-state index is 0.338. The van der Waals surface area contributed by atoms with Crippen LogP contribution >= 0.6 is 0 Å². The van der Waals surface area contributed by atoms with Gasteiger partial charge in [-0.3, -0.25) is 0 Å². The van der Waals surface area contributed by atoms with E-state index in [9.17, 15) is 5.02 Å². The molecule has 2 N–H and O–H groups in total. The van der Waals surface area contributed by atoms with Gasteiger partial charge in [-0.1, -0.05) is 0 Å². The third-order valence-corrected chi connectivity index (χ3v) is 2.31. The zero-order valence-corrected chi connectivity index (χ0v) is 6.90. The smallest absolute Gasteiger partial charge is 0.376 e. The summed E-state index contributed by atoms with van der Waals surface area (Å²) in [4.78, 5) is 2.01. The fraction of sp³-hybridized carbons (Fsp3) is 0.857. The highest BCUT2D eigenvalue weighted by molar-refractivity contribution is 6.45. The van der Waals surface area contributed by atoms with Crippen molar-refractivity contribution in [3.8, 4) is 0 Å². The summed E-state index contributed by atoms with van der Waals surface area (Å²) < 4.78 is 0. The second kappa shape index (κ2) is 4.09. The maximum atomic E-state index is 9.19. The van der Waals surface area contributed by atoms with Gasteiger partial charge in [0.05, 0.1) is 6.61 Å². The highest BCUT2D eigenvalue weighted by Crippen LogP contribution is 2.18. The van der Waals surface area contributed by atoms with Gasteiger partial charge >= 0.3 is 7.05 Å². The Labute approximate surface area is 68.2 Å². The van der Waals surface area contributed by atoms with E-state index in [1.54, 1.807) is 6.82 Å². The van der Waals surface area contributed by atoms with Crippen LogP contribution in [0.4, 0.5) is 0 Å². The van der Waals surface area contributed by atoms with Crippen LogP contribution in [0.15, 0.2) is 0 Å². The van der Waals surface area contributed by atoms with Crippen molar-refractivity contribution in [1.82, 2.24) is 4.81 Å². The van der Waals surface area contributed by atoms with E-state index in [1.165, 1.54) is 6.61 Å². The van der Waals surface area contributed by atoms with Gasteiger partial charge in [0.15, 0.2) is 0 Å². The Kier molecular flexibility index (Phi) is 3.36. The Hall–Kier alpha value is -0.0551. The summed E-state index contributed by atoms with van der Waals surface area (Å²) in [6.45, 7) is 4.83. The van der Waals surface area contributed by atoms with Gasteiger partial charge in [0.2, 0.25) is 0 Å². The van der Waals surface area contributed by atoms with E-state index in [2.05, 4.69) is 0 Å². The molecule has 1 aliphatic heterocycles. The van der Waals surface area contributed by atoms with Crippen LogP contribution < -0.4 is 0 Å². The van der Waals surface area contributed by atoms with E-state index in [0.717, 1.165) is 25.9 Å². The second-order valence-corrected chi connectivity index (χ2v) is 3.15. The molecule has 0 aliphatic carbocycles. The standard InChI is InChI=1S/C7H15BNO2/c1-8(11)9-4-2-7(6-10)3-5-9/h6-7,10-11H,2-5H2,1H3. The maximum Gasteiger partial charge on any atom is 0.376 e. The summed E-state index contributed by atoms with van der Waals surface area (Å²) in [7, 11) is -0.338. The highest BCUT2D eigenvalue weighted by Gasteiger charge is 2.23. The fourth-order valence-electron chi connectivity index (χ4n) is 1.44. The quantitative estimate of drug-likeness (QED) is 0.566. The van der Waals surface area contributed by atoms with Crippen molar-refractivity contribution < 1.29 is 10.1 Å². The third-order valence-electron chi connectivity index (χ3n) is 2.31. The van der Waals surface area contributed by atoms with Crippen LogP contribution in [0, 0.1) is 12.5 Å². The van der Waals surface area contributed by atoms with Crippen LogP contribution in [0.1, 0.15) is 12.8 Å². The molecule has 1 rings (SSSR count). The van der Waals surface area contributed by atoms with Crippen molar-refractivity contribution in [3.05, 3.63) is 6.61 Å². The molecule has 4 heteroatoms. The van der Waals surface area contributed by atoms with Gasteiger partial charge in [-0.2, -0.15) is 0 Å². The number of hydrogen-bond donors (Lipinski definition) is 2. The van der Waals surface area contributed by atoms with Gasteiger partial charge < -0.3 is 14.9 Å². The van der Waals surface area contributed by atoms with E-state index >= 15 is 0 Å². The van der Waals surface area contributed by atoms with Gasteiger partial charge in [0.25, 0.3) is 0 Å². The molecule has 11 heavy (non-hydrogen) atoms. The van der Waals surface area contributed by atoms with E-state index in [4.69, 9.17) is 5.11 Å². The zero-order chi connectivity index (χ0) is 8.27. The zero-order valence-electron chi connectivity index (χ0n) is 6.90. The molecule has 0 atom stereocenters. The predicted octanol–water partition coefficient (Wildman–Crippen LogP) is 0.343. The molecule has 1 heterocycles. The van der Waals surface area contributed by atoms with Crippen molar-refractivity contribution in [3.63, 3.8) is 0 Å². The SMILES string of the molecule is CB(O)N1CCC([CH]O)CC1. The van der Waals surface area contributed by atoms with E-state index in [1.807, 2.05) is 4.81 Å². The molecule has 0 spiro atoms. The van der Waals surface area contributed by atoms with E-state index < -0.39 is 0 Å². The predicted molar refractivity (Wildman–Crippen MR) is 44.4 cm³/mol. The Morgan fingerprint density at radius 2 is 2.00 bits per heavy atom. The first-order chi connectivity index (χ1) is 5.24. The minimum Gasteiger partial charge on any atom is -0.437 e. The average Bonchev–Trinajstić information content (AvgIpc) is 2.05. The summed E-state index contributed by atoms with van der Waals surface area (Å²) in [5.74, 6) is 0.338. The summed E-state index contributed by atoms with van der Waals surface area (Å²) in [5, 5.41) is 17.9. The van der Waals surface area contributed by atoms with Crippen molar-refractivity contribution >= 4 is 7.05 Å².